The van der Waals surface area contributed by atoms with Crippen molar-refractivity contribution in [3.05, 3.63) is 82.4 Å². The fraction of sp³-hybridized carbons (Fsp3) is 0.269. The molecule has 1 amide bonds. The Morgan fingerprint density at radius 3 is 2.37 bits per heavy atom. The van der Waals surface area contributed by atoms with Crippen molar-refractivity contribution in [3.8, 4) is 11.5 Å². The van der Waals surface area contributed by atoms with Crippen molar-refractivity contribution in [1.82, 2.24) is 5.32 Å². The van der Waals surface area contributed by atoms with Gasteiger partial charge in [0.2, 0.25) is 5.91 Å². The number of nitrogens with zero attached hydrogens (tertiary/aromatic N) is 1. The number of hydrogen-bond acceptors (Lipinski definition) is 5. The minimum Gasteiger partial charge on any atom is -0.486 e. The highest BCUT2D eigenvalue weighted by molar-refractivity contribution is 7.92. The molecule has 0 fully saturated rings. The Hall–Kier alpha value is -3.23. The Bertz CT molecular complexity index is 1340. The van der Waals surface area contributed by atoms with Crippen molar-refractivity contribution in [3.63, 3.8) is 0 Å². The van der Waals surface area contributed by atoms with Gasteiger partial charge in [0.25, 0.3) is 10.0 Å². The molecule has 0 spiro atoms. The number of carbonyl (C=O) groups is 1. The van der Waals surface area contributed by atoms with Crippen LogP contribution in [0.2, 0.25) is 5.02 Å². The van der Waals surface area contributed by atoms with Gasteiger partial charge >= 0.3 is 0 Å². The maximum atomic E-state index is 13.6. The molecule has 0 saturated heterocycles. The summed E-state index contributed by atoms with van der Waals surface area (Å²) in [5, 5.41) is 3.38. The average Bonchev–Trinajstić information content (AvgIpc) is 2.83. The molecule has 0 radical (unpaired) electrons. The van der Waals surface area contributed by atoms with Crippen LogP contribution in [0.25, 0.3) is 0 Å². The van der Waals surface area contributed by atoms with E-state index in [1.165, 1.54) is 0 Å². The molecule has 1 heterocycles. The fourth-order valence-corrected chi connectivity index (χ4v) is 5.58. The summed E-state index contributed by atoms with van der Waals surface area (Å²) in [6, 6.07) is 16.5. The van der Waals surface area contributed by atoms with Crippen LogP contribution in [0.5, 0.6) is 11.5 Å². The lowest BCUT2D eigenvalue weighted by Crippen LogP contribution is -2.42. The first-order valence-corrected chi connectivity index (χ1v) is 13.0. The number of benzene rings is 3. The van der Waals surface area contributed by atoms with Gasteiger partial charge in [0, 0.05) is 5.02 Å². The maximum Gasteiger partial charge on any atom is 0.264 e. The number of amides is 1. The summed E-state index contributed by atoms with van der Waals surface area (Å²) in [5.41, 5.74) is 2.78. The van der Waals surface area contributed by atoms with Crippen molar-refractivity contribution >= 4 is 33.2 Å². The van der Waals surface area contributed by atoms with Gasteiger partial charge < -0.3 is 14.8 Å². The third kappa shape index (κ3) is 5.55. The second-order valence-electron chi connectivity index (χ2n) is 8.45. The summed E-state index contributed by atoms with van der Waals surface area (Å²) in [6.07, 6.45) is 0. The zero-order valence-electron chi connectivity index (χ0n) is 19.7. The van der Waals surface area contributed by atoms with E-state index >= 15 is 0 Å². The largest absolute Gasteiger partial charge is 0.486 e. The quantitative estimate of drug-likeness (QED) is 0.489. The molecule has 184 valence electrons. The monoisotopic (exact) mass is 514 g/mol. The Morgan fingerprint density at radius 2 is 1.69 bits per heavy atom. The van der Waals surface area contributed by atoms with Crippen molar-refractivity contribution in [1.29, 1.82) is 0 Å². The molecule has 0 saturated carbocycles. The normalized spacial score (nSPS) is 13.7. The maximum absolute atomic E-state index is 13.6. The van der Waals surface area contributed by atoms with Crippen LogP contribution >= 0.6 is 11.6 Å². The predicted octanol–water partition coefficient (Wildman–Crippen LogP) is 4.80. The highest BCUT2D eigenvalue weighted by Gasteiger charge is 2.29. The number of halogens is 1. The lowest BCUT2D eigenvalue weighted by molar-refractivity contribution is -0.120. The average molecular weight is 515 g/mol. The van der Waals surface area contributed by atoms with E-state index < -0.39 is 22.5 Å². The molecule has 4 rings (SSSR count). The molecule has 3 aromatic carbocycles. The Kier molecular flexibility index (Phi) is 7.23. The third-order valence-corrected chi connectivity index (χ3v) is 7.78. The Labute approximate surface area is 210 Å². The fourth-order valence-electron chi connectivity index (χ4n) is 3.87. The van der Waals surface area contributed by atoms with Gasteiger partial charge in [0.05, 0.1) is 16.6 Å². The molecular weight excluding hydrogens is 488 g/mol. The smallest absolute Gasteiger partial charge is 0.264 e. The van der Waals surface area contributed by atoms with E-state index in [2.05, 4.69) is 5.32 Å². The first kappa shape index (κ1) is 24.9. The Morgan fingerprint density at radius 1 is 1.00 bits per heavy atom. The number of nitrogens with one attached hydrogen (secondary N) is 1. The number of aryl methyl sites for hydroxylation is 2. The molecule has 0 aliphatic carbocycles. The molecule has 3 aromatic rings. The summed E-state index contributed by atoms with van der Waals surface area (Å²) in [7, 11) is -4.02. The topological polar surface area (TPSA) is 84.9 Å². The number of carbonyl (C=O) groups excluding carboxylic acids is 1. The number of hydrogen-bond donors (Lipinski definition) is 1. The summed E-state index contributed by atoms with van der Waals surface area (Å²) in [5.74, 6) is 0.833. The van der Waals surface area contributed by atoms with Crippen LogP contribution in [0.15, 0.2) is 65.6 Å². The van der Waals surface area contributed by atoms with Crippen LogP contribution in [0, 0.1) is 13.8 Å². The molecule has 1 unspecified atom stereocenters. The zero-order chi connectivity index (χ0) is 25.2. The van der Waals surface area contributed by atoms with Crippen molar-refractivity contribution < 1.29 is 22.7 Å². The molecule has 0 aromatic heterocycles. The van der Waals surface area contributed by atoms with Crippen LogP contribution in [0.4, 0.5) is 5.69 Å². The van der Waals surface area contributed by atoms with Crippen LogP contribution in [0.1, 0.15) is 29.7 Å². The van der Waals surface area contributed by atoms with E-state index in [1.54, 1.807) is 55.5 Å². The van der Waals surface area contributed by atoms with Gasteiger partial charge in [-0.1, -0.05) is 35.4 Å². The van der Waals surface area contributed by atoms with Gasteiger partial charge in [0.1, 0.15) is 19.8 Å². The van der Waals surface area contributed by atoms with Gasteiger partial charge in [-0.05, 0) is 74.4 Å². The van der Waals surface area contributed by atoms with Crippen LogP contribution < -0.4 is 19.1 Å². The highest BCUT2D eigenvalue weighted by Crippen LogP contribution is 2.33. The number of fused-ring (bicyclic) bond motifs is 1. The SMILES string of the molecule is Cc1ccc(S(=O)(=O)N(CC(=O)NC(C)c2ccc3c(c2)OCCO3)c2ccc(Cl)cc2C)cc1. The minimum absolute atomic E-state index is 0.102. The number of sulfonamides is 1. The first-order chi connectivity index (χ1) is 16.6. The van der Waals surface area contributed by atoms with Crippen LogP contribution in [-0.4, -0.2) is 34.1 Å². The molecule has 0 bridgehead atoms. The van der Waals surface area contributed by atoms with E-state index in [0.29, 0.717) is 41.0 Å². The zero-order valence-corrected chi connectivity index (χ0v) is 21.3. The molecule has 9 heteroatoms. The molecule has 1 aliphatic heterocycles. The standard InChI is InChI=1S/C26H27ClN2O5S/c1-17-4-8-22(9-5-17)35(31,32)29(23-10-7-21(27)14-18(23)2)16-26(30)28-19(3)20-6-11-24-25(15-20)34-13-12-33-24/h4-11,14-15,19H,12-13,16H2,1-3H3,(H,28,30). The van der Waals surface area contributed by atoms with Gasteiger partial charge in [0.15, 0.2) is 11.5 Å². The summed E-state index contributed by atoms with van der Waals surface area (Å²) < 4.78 is 39.5. The second kappa shape index (κ2) is 10.2. The lowest BCUT2D eigenvalue weighted by atomic mass is 10.1. The van der Waals surface area contributed by atoms with E-state index in [4.69, 9.17) is 21.1 Å². The molecule has 35 heavy (non-hydrogen) atoms. The third-order valence-electron chi connectivity index (χ3n) is 5.77. The minimum atomic E-state index is -4.02. The first-order valence-electron chi connectivity index (χ1n) is 11.2. The summed E-state index contributed by atoms with van der Waals surface area (Å²) in [6.45, 7) is 6.03. The van der Waals surface area contributed by atoms with Crippen molar-refractivity contribution in [2.24, 2.45) is 0 Å². The lowest BCUT2D eigenvalue weighted by Gasteiger charge is -2.27. The van der Waals surface area contributed by atoms with Gasteiger partial charge in [-0.15, -0.1) is 0 Å². The Balaban J connectivity index is 1.60. The highest BCUT2D eigenvalue weighted by atomic mass is 35.5. The van der Waals surface area contributed by atoms with Crippen molar-refractivity contribution in [2.75, 3.05) is 24.1 Å². The van der Waals surface area contributed by atoms with Crippen LogP contribution in [0.3, 0.4) is 0 Å². The molecular formula is C26H27ClN2O5S. The molecule has 7 nitrogen and oxygen atoms in total. The summed E-state index contributed by atoms with van der Waals surface area (Å²) >= 11 is 6.10. The van der Waals surface area contributed by atoms with Crippen LogP contribution in [-0.2, 0) is 14.8 Å². The molecule has 1 aliphatic rings. The number of ether oxygens (including phenoxy) is 2. The second-order valence-corrected chi connectivity index (χ2v) is 10.7. The van der Waals surface area contributed by atoms with Gasteiger partial charge in [-0.25, -0.2) is 8.42 Å². The van der Waals surface area contributed by atoms with E-state index in [0.717, 1.165) is 15.4 Å². The van der Waals surface area contributed by atoms with E-state index in [9.17, 15) is 13.2 Å². The predicted molar refractivity (Wildman–Crippen MR) is 136 cm³/mol. The number of anilines is 1. The number of rotatable bonds is 7. The molecule has 1 atom stereocenters. The van der Waals surface area contributed by atoms with E-state index in [1.807, 2.05) is 26.0 Å². The van der Waals surface area contributed by atoms with E-state index in [-0.39, 0.29) is 10.9 Å². The van der Waals surface area contributed by atoms with Gasteiger partial charge in [-0.3, -0.25) is 9.10 Å². The van der Waals surface area contributed by atoms with Crippen molar-refractivity contribution in [2.45, 2.75) is 31.7 Å². The van der Waals surface area contributed by atoms with Gasteiger partial charge in [-0.2, -0.15) is 0 Å². The molecule has 1 N–H and O–H groups in total. The summed E-state index contributed by atoms with van der Waals surface area (Å²) in [4.78, 5) is 13.2.